The number of thioether (sulfide) groups is 1. The second kappa shape index (κ2) is 10.5. The molecule has 27 heavy (non-hydrogen) atoms. The Kier molecular flexibility index (Phi) is 8.09. The van der Waals surface area contributed by atoms with Crippen LogP contribution in [0.1, 0.15) is 0 Å². The standard InChI is InChI=1S/C18H16ClFN2O4S/c19-14-3-1-2-4-15(14)22-16(23)9-26-18(25)11-27-10-17(24)21-13-7-5-12(20)6-8-13/h1-8H,9-11H2,(H,21,24)(H,22,23). The van der Waals surface area contributed by atoms with Gasteiger partial charge in [0.1, 0.15) is 5.82 Å². The molecule has 2 N–H and O–H groups in total. The molecule has 0 fully saturated rings. The Balaban J connectivity index is 1.63. The second-order valence-corrected chi connectivity index (χ2v) is 6.63. The highest BCUT2D eigenvalue weighted by molar-refractivity contribution is 8.00. The van der Waals surface area contributed by atoms with Gasteiger partial charge in [0.2, 0.25) is 5.91 Å². The van der Waals surface area contributed by atoms with Gasteiger partial charge in [-0.2, -0.15) is 0 Å². The highest BCUT2D eigenvalue weighted by Gasteiger charge is 2.11. The van der Waals surface area contributed by atoms with Crippen molar-refractivity contribution in [3.05, 3.63) is 59.4 Å². The number of nitrogens with one attached hydrogen (secondary N) is 2. The maximum absolute atomic E-state index is 12.8. The molecule has 0 heterocycles. The molecule has 0 aromatic heterocycles. The summed E-state index contributed by atoms with van der Waals surface area (Å²) in [6.45, 7) is -0.452. The molecule has 0 aliphatic carbocycles. The first-order valence-electron chi connectivity index (χ1n) is 7.77. The van der Waals surface area contributed by atoms with E-state index in [1.807, 2.05) is 0 Å². The zero-order chi connectivity index (χ0) is 19.6. The zero-order valence-corrected chi connectivity index (χ0v) is 15.6. The molecule has 2 rings (SSSR count). The van der Waals surface area contributed by atoms with Gasteiger partial charge in [0.25, 0.3) is 5.91 Å². The van der Waals surface area contributed by atoms with Crippen LogP contribution in [0.3, 0.4) is 0 Å². The summed E-state index contributed by atoms with van der Waals surface area (Å²) in [5, 5.41) is 5.47. The predicted molar refractivity (Wildman–Crippen MR) is 103 cm³/mol. The number of anilines is 2. The van der Waals surface area contributed by atoms with E-state index >= 15 is 0 Å². The first kappa shape index (κ1) is 20.7. The molecule has 2 aromatic carbocycles. The number of hydrogen-bond acceptors (Lipinski definition) is 5. The number of rotatable bonds is 8. The Morgan fingerprint density at radius 3 is 2.37 bits per heavy atom. The number of carbonyl (C=O) groups excluding carboxylic acids is 3. The van der Waals surface area contributed by atoms with Gasteiger partial charge in [0.15, 0.2) is 6.61 Å². The molecule has 0 spiro atoms. The Morgan fingerprint density at radius 2 is 1.67 bits per heavy atom. The minimum absolute atomic E-state index is 0.0122. The summed E-state index contributed by atoms with van der Waals surface area (Å²) < 4.78 is 17.6. The lowest BCUT2D eigenvalue weighted by molar-refractivity contribution is -0.144. The smallest absolute Gasteiger partial charge is 0.316 e. The van der Waals surface area contributed by atoms with Gasteiger partial charge in [-0.05, 0) is 36.4 Å². The quantitative estimate of drug-likeness (QED) is 0.652. The molecule has 9 heteroatoms. The summed E-state index contributed by atoms with van der Waals surface area (Å²) in [6, 6.07) is 12.0. The molecule has 0 aliphatic rings. The van der Waals surface area contributed by atoms with Crippen LogP contribution < -0.4 is 10.6 Å². The predicted octanol–water partition coefficient (Wildman–Crippen LogP) is 3.33. The van der Waals surface area contributed by atoms with E-state index in [4.69, 9.17) is 16.3 Å². The molecule has 0 aliphatic heterocycles. The van der Waals surface area contributed by atoms with E-state index in [1.54, 1.807) is 24.3 Å². The molecule has 0 unspecified atom stereocenters. The third-order valence-electron chi connectivity index (χ3n) is 3.09. The number of ether oxygens (including phenoxy) is 1. The Morgan fingerprint density at radius 1 is 0.963 bits per heavy atom. The SMILES string of the molecule is O=C(CSCC(=O)OCC(=O)Nc1ccccc1Cl)Nc1ccc(F)cc1. The van der Waals surface area contributed by atoms with Crippen LogP contribution in [-0.2, 0) is 19.1 Å². The van der Waals surface area contributed by atoms with Crippen LogP contribution in [0.25, 0.3) is 0 Å². The van der Waals surface area contributed by atoms with Gasteiger partial charge in [0, 0.05) is 5.69 Å². The van der Waals surface area contributed by atoms with Gasteiger partial charge in [-0.1, -0.05) is 23.7 Å². The van der Waals surface area contributed by atoms with Crippen molar-refractivity contribution < 1.29 is 23.5 Å². The zero-order valence-electron chi connectivity index (χ0n) is 14.0. The molecule has 2 amide bonds. The normalized spacial score (nSPS) is 10.1. The summed E-state index contributed by atoms with van der Waals surface area (Å²) >= 11 is 6.95. The van der Waals surface area contributed by atoms with Gasteiger partial charge in [-0.15, -0.1) is 11.8 Å². The maximum Gasteiger partial charge on any atom is 0.316 e. The lowest BCUT2D eigenvalue weighted by atomic mass is 10.3. The van der Waals surface area contributed by atoms with Crippen LogP contribution >= 0.6 is 23.4 Å². The molecular formula is C18H16ClFN2O4S. The maximum atomic E-state index is 12.8. The van der Waals surface area contributed by atoms with Gasteiger partial charge in [0.05, 0.1) is 22.2 Å². The van der Waals surface area contributed by atoms with Crippen molar-refractivity contribution in [3.8, 4) is 0 Å². The van der Waals surface area contributed by atoms with E-state index in [0.717, 1.165) is 11.8 Å². The second-order valence-electron chi connectivity index (χ2n) is 5.24. The number of amides is 2. The monoisotopic (exact) mass is 410 g/mol. The van der Waals surface area contributed by atoms with Crippen LogP contribution in [0, 0.1) is 5.82 Å². The molecule has 0 bridgehead atoms. The van der Waals surface area contributed by atoms with Crippen molar-refractivity contribution in [2.45, 2.75) is 0 Å². The number of esters is 1. The van der Waals surface area contributed by atoms with Gasteiger partial charge < -0.3 is 15.4 Å². The van der Waals surface area contributed by atoms with E-state index in [0.29, 0.717) is 16.4 Å². The van der Waals surface area contributed by atoms with Crippen molar-refractivity contribution >= 4 is 52.5 Å². The molecular weight excluding hydrogens is 395 g/mol. The van der Waals surface area contributed by atoms with Crippen LogP contribution in [0.2, 0.25) is 5.02 Å². The minimum Gasteiger partial charge on any atom is -0.455 e. The molecule has 6 nitrogen and oxygen atoms in total. The Labute approximate surface area is 164 Å². The first-order chi connectivity index (χ1) is 12.9. The van der Waals surface area contributed by atoms with E-state index < -0.39 is 24.3 Å². The van der Waals surface area contributed by atoms with E-state index in [2.05, 4.69) is 10.6 Å². The van der Waals surface area contributed by atoms with Crippen LogP contribution in [-0.4, -0.2) is 35.9 Å². The summed E-state index contributed by atoms with van der Waals surface area (Å²) in [7, 11) is 0. The number of carbonyl (C=O) groups is 3. The Hall–Kier alpha value is -2.58. The highest BCUT2D eigenvalue weighted by Crippen LogP contribution is 2.20. The van der Waals surface area contributed by atoms with E-state index in [1.165, 1.54) is 24.3 Å². The van der Waals surface area contributed by atoms with Gasteiger partial charge >= 0.3 is 5.97 Å². The number of hydrogen-bond donors (Lipinski definition) is 2. The Bertz CT molecular complexity index is 817. The van der Waals surface area contributed by atoms with Crippen LogP contribution in [0.4, 0.5) is 15.8 Å². The fourth-order valence-corrected chi connectivity index (χ4v) is 2.69. The van der Waals surface area contributed by atoms with Crippen molar-refractivity contribution in [2.75, 3.05) is 28.7 Å². The number of halogens is 2. The van der Waals surface area contributed by atoms with Crippen LogP contribution in [0.5, 0.6) is 0 Å². The third-order valence-corrected chi connectivity index (χ3v) is 4.33. The number of benzene rings is 2. The van der Waals surface area contributed by atoms with Crippen LogP contribution in [0.15, 0.2) is 48.5 Å². The fourth-order valence-electron chi connectivity index (χ4n) is 1.89. The van der Waals surface area contributed by atoms with Crippen molar-refractivity contribution in [3.63, 3.8) is 0 Å². The van der Waals surface area contributed by atoms with Crippen molar-refractivity contribution in [1.82, 2.24) is 0 Å². The number of para-hydroxylation sites is 1. The lowest BCUT2D eigenvalue weighted by Crippen LogP contribution is -2.22. The molecule has 0 saturated heterocycles. The summed E-state index contributed by atoms with van der Waals surface area (Å²) in [4.78, 5) is 35.1. The lowest BCUT2D eigenvalue weighted by Gasteiger charge is -2.08. The van der Waals surface area contributed by atoms with Crippen molar-refractivity contribution in [1.29, 1.82) is 0 Å². The third kappa shape index (κ3) is 7.67. The average Bonchev–Trinajstić information content (AvgIpc) is 2.64. The van der Waals surface area contributed by atoms with Crippen molar-refractivity contribution in [2.24, 2.45) is 0 Å². The molecule has 0 radical (unpaired) electrons. The highest BCUT2D eigenvalue weighted by atomic mass is 35.5. The van der Waals surface area contributed by atoms with Gasteiger partial charge in [-0.3, -0.25) is 14.4 Å². The molecule has 0 atom stereocenters. The molecule has 0 saturated carbocycles. The minimum atomic E-state index is -0.621. The molecule has 142 valence electrons. The topological polar surface area (TPSA) is 84.5 Å². The summed E-state index contributed by atoms with van der Waals surface area (Å²) in [5.74, 6) is -1.95. The largest absolute Gasteiger partial charge is 0.455 e. The average molecular weight is 411 g/mol. The summed E-state index contributed by atoms with van der Waals surface area (Å²) in [5.41, 5.74) is 0.882. The van der Waals surface area contributed by atoms with E-state index in [9.17, 15) is 18.8 Å². The fraction of sp³-hybridized carbons (Fsp3) is 0.167. The molecule has 2 aromatic rings. The first-order valence-corrected chi connectivity index (χ1v) is 9.30. The van der Waals surface area contributed by atoms with E-state index in [-0.39, 0.29) is 17.4 Å². The van der Waals surface area contributed by atoms with Gasteiger partial charge in [-0.25, -0.2) is 4.39 Å². The summed E-state index contributed by atoms with van der Waals surface area (Å²) in [6.07, 6.45) is 0.